The molecule has 5 rings (SSSR count). The summed E-state index contributed by atoms with van der Waals surface area (Å²) < 4.78 is 23.3. The summed E-state index contributed by atoms with van der Waals surface area (Å²) in [6.45, 7) is 9.08. The van der Waals surface area contributed by atoms with Crippen LogP contribution in [0.25, 0.3) is 11.3 Å². The fourth-order valence-electron chi connectivity index (χ4n) is 5.68. The minimum Gasteiger partial charge on any atom is -0.493 e. The Morgan fingerprint density at radius 2 is 1.79 bits per heavy atom. The highest BCUT2D eigenvalue weighted by molar-refractivity contribution is 5.69. The summed E-state index contributed by atoms with van der Waals surface area (Å²) >= 11 is 0. The molecule has 2 aliphatic heterocycles. The van der Waals surface area contributed by atoms with E-state index >= 15 is 0 Å². The van der Waals surface area contributed by atoms with Crippen molar-refractivity contribution in [1.82, 2.24) is 14.9 Å². The summed E-state index contributed by atoms with van der Waals surface area (Å²) in [5.41, 5.74) is 9.42. The van der Waals surface area contributed by atoms with E-state index in [2.05, 4.69) is 29.0 Å². The number of methoxy groups -OCH3 is 1. The number of likely N-dealkylation sites (tertiary alicyclic amines) is 1. The maximum Gasteiger partial charge on any atom is 0.227 e. The molecule has 2 aliphatic rings. The highest BCUT2D eigenvalue weighted by atomic mass is 16.5. The minimum atomic E-state index is 0.132. The zero-order valence-corrected chi connectivity index (χ0v) is 25.2. The predicted octanol–water partition coefficient (Wildman–Crippen LogP) is 6.32. The molecule has 3 heterocycles. The minimum absolute atomic E-state index is 0.132. The first-order chi connectivity index (χ1) is 20.5. The monoisotopic (exact) mass is 575 g/mol. The van der Waals surface area contributed by atoms with Gasteiger partial charge in [-0.3, -0.25) is 0 Å². The lowest BCUT2D eigenvalue weighted by atomic mass is 9.92. The molecular weight excluding hydrogens is 530 g/mol. The molecule has 9 nitrogen and oxygen atoms in total. The number of ether oxygens (including phenoxy) is 4. The van der Waals surface area contributed by atoms with Crippen LogP contribution in [0.3, 0.4) is 0 Å². The second-order valence-electron chi connectivity index (χ2n) is 11.5. The van der Waals surface area contributed by atoms with Crippen LogP contribution in [0.15, 0.2) is 48.7 Å². The highest BCUT2D eigenvalue weighted by Crippen LogP contribution is 2.33. The molecule has 0 radical (unpaired) electrons. The quantitative estimate of drug-likeness (QED) is 0.190. The Balaban J connectivity index is 1.17. The second-order valence-corrected chi connectivity index (χ2v) is 11.5. The van der Waals surface area contributed by atoms with Crippen molar-refractivity contribution in [3.8, 4) is 28.5 Å². The van der Waals surface area contributed by atoms with Crippen LogP contribution in [-0.4, -0.2) is 67.0 Å². The van der Waals surface area contributed by atoms with Crippen LogP contribution in [-0.2, 0) is 4.74 Å². The first kappa shape index (κ1) is 29.9. The number of hydrogen-bond acceptors (Lipinski definition) is 9. The van der Waals surface area contributed by atoms with Crippen LogP contribution in [0.1, 0.15) is 52.4 Å². The molecule has 9 heteroatoms. The van der Waals surface area contributed by atoms with E-state index in [0.717, 1.165) is 55.3 Å². The molecule has 42 heavy (non-hydrogen) atoms. The molecule has 0 atom stereocenters. The number of nitrogens with one attached hydrogen (secondary N) is 1. The van der Waals surface area contributed by atoms with E-state index in [1.165, 1.54) is 32.4 Å². The summed E-state index contributed by atoms with van der Waals surface area (Å²) in [4.78, 5) is 11.7. The smallest absolute Gasteiger partial charge is 0.227 e. The average molecular weight is 576 g/mol. The van der Waals surface area contributed by atoms with Crippen LogP contribution in [0.4, 0.5) is 17.3 Å². The van der Waals surface area contributed by atoms with Crippen molar-refractivity contribution < 1.29 is 18.9 Å². The zero-order chi connectivity index (χ0) is 29.3. The van der Waals surface area contributed by atoms with Gasteiger partial charge in [0.2, 0.25) is 5.95 Å². The number of rotatable bonds is 12. The van der Waals surface area contributed by atoms with Gasteiger partial charge >= 0.3 is 0 Å². The van der Waals surface area contributed by atoms with E-state index < -0.39 is 0 Å². The molecule has 0 spiro atoms. The first-order valence-electron chi connectivity index (χ1n) is 15.3. The van der Waals surface area contributed by atoms with Gasteiger partial charge in [-0.1, -0.05) is 0 Å². The van der Waals surface area contributed by atoms with Crippen LogP contribution >= 0.6 is 0 Å². The number of piperidine rings is 1. The summed E-state index contributed by atoms with van der Waals surface area (Å²) in [7, 11) is 1.66. The molecule has 3 aromatic rings. The summed E-state index contributed by atoms with van der Waals surface area (Å²) in [5, 5.41) is 3.31. The molecule has 0 amide bonds. The number of hydrogen-bond donors (Lipinski definition) is 2. The number of anilines is 3. The lowest BCUT2D eigenvalue weighted by molar-refractivity contribution is 0.0259. The molecule has 2 fully saturated rings. The van der Waals surface area contributed by atoms with Crippen molar-refractivity contribution in [2.45, 2.75) is 64.5 Å². The lowest BCUT2D eigenvalue weighted by Crippen LogP contribution is -2.38. The van der Waals surface area contributed by atoms with Gasteiger partial charge in [-0.2, -0.15) is 0 Å². The summed E-state index contributed by atoms with van der Waals surface area (Å²) in [6.07, 6.45) is 8.39. The van der Waals surface area contributed by atoms with Gasteiger partial charge in [0, 0.05) is 42.4 Å². The zero-order valence-electron chi connectivity index (χ0n) is 25.2. The molecule has 2 saturated heterocycles. The summed E-state index contributed by atoms with van der Waals surface area (Å²) in [5.74, 6) is 3.38. The fraction of sp³-hybridized carbons (Fsp3) is 0.515. The van der Waals surface area contributed by atoms with Crippen molar-refractivity contribution in [2.24, 2.45) is 5.92 Å². The van der Waals surface area contributed by atoms with Gasteiger partial charge in [-0.15, -0.1) is 0 Å². The van der Waals surface area contributed by atoms with Crippen LogP contribution in [0.2, 0.25) is 0 Å². The van der Waals surface area contributed by atoms with E-state index in [4.69, 9.17) is 29.7 Å². The number of nitrogens with two attached hydrogens (primary N) is 1. The van der Waals surface area contributed by atoms with Crippen molar-refractivity contribution in [2.75, 3.05) is 51.1 Å². The number of aromatic nitrogens is 2. The highest BCUT2D eigenvalue weighted by Gasteiger charge is 2.21. The SMILES string of the molecule is COc1ccc(Nc2nccc(-c3ccc(OC4CCOCC4)c(N)c3)n2)cc1OCCCC1CCN(C(C)C)CC1. The van der Waals surface area contributed by atoms with E-state index in [1.807, 2.05) is 42.5 Å². The second kappa shape index (κ2) is 14.6. The maximum atomic E-state index is 6.35. The third-order valence-electron chi connectivity index (χ3n) is 8.24. The molecule has 3 N–H and O–H groups in total. The first-order valence-corrected chi connectivity index (χ1v) is 15.3. The largest absolute Gasteiger partial charge is 0.493 e. The molecule has 0 bridgehead atoms. The molecule has 226 valence electrons. The van der Waals surface area contributed by atoms with E-state index in [0.29, 0.717) is 41.5 Å². The van der Waals surface area contributed by atoms with Gasteiger partial charge in [0.05, 0.1) is 38.3 Å². The van der Waals surface area contributed by atoms with Crippen molar-refractivity contribution >= 4 is 17.3 Å². The van der Waals surface area contributed by atoms with Gasteiger partial charge in [0.25, 0.3) is 0 Å². The van der Waals surface area contributed by atoms with Crippen molar-refractivity contribution in [1.29, 1.82) is 0 Å². The Labute approximate surface area is 249 Å². The van der Waals surface area contributed by atoms with Crippen LogP contribution in [0, 0.1) is 5.92 Å². The number of nitrogens with zero attached hydrogens (tertiary/aromatic N) is 3. The normalized spacial score (nSPS) is 16.9. The topological polar surface area (TPSA) is 104 Å². The molecule has 0 unspecified atom stereocenters. The van der Waals surface area contributed by atoms with Crippen molar-refractivity contribution in [3.63, 3.8) is 0 Å². The van der Waals surface area contributed by atoms with E-state index in [-0.39, 0.29) is 6.10 Å². The molecular formula is C33H45N5O4. The molecule has 0 saturated carbocycles. The lowest BCUT2D eigenvalue weighted by Gasteiger charge is -2.34. The van der Waals surface area contributed by atoms with Gasteiger partial charge in [-0.25, -0.2) is 9.97 Å². The van der Waals surface area contributed by atoms with Gasteiger partial charge < -0.3 is 34.9 Å². The average Bonchev–Trinajstić information content (AvgIpc) is 3.01. The maximum absolute atomic E-state index is 6.35. The standard InChI is InChI=1S/C33H45N5O4/c1-23(2)38-16-11-24(12-17-38)5-4-18-41-32-22-26(7-9-31(32)39-3)36-33-35-15-10-29(37-33)25-6-8-30(28(34)21-25)42-27-13-19-40-20-14-27/h6-10,15,21-24,27H,4-5,11-14,16-20,34H2,1-3H3,(H,35,36,37). The summed E-state index contributed by atoms with van der Waals surface area (Å²) in [6, 6.07) is 14.1. The van der Waals surface area contributed by atoms with Crippen molar-refractivity contribution in [3.05, 3.63) is 48.7 Å². The number of nitrogen functional groups attached to an aromatic ring is 1. The number of benzene rings is 2. The Morgan fingerprint density at radius 1 is 1.00 bits per heavy atom. The van der Waals surface area contributed by atoms with Crippen LogP contribution < -0.4 is 25.3 Å². The van der Waals surface area contributed by atoms with E-state index in [1.54, 1.807) is 13.3 Å². The van der Waals surface area contributed by atoms with E-state index in [9.17, 15) is 0 Å². The Kier molecular flexibility index (Phi) is 10.4. The third-order valence-corrected chi connectivity index (χ3v) is 8.24. The Bertz CT molecular complexity index is 1290. The predicted molar refractivity (Wildman–Crippen MR) is 167 cm³/mol. The Morgan fingerprint density at radius 3 is 2.52 bits per heavy atom. The third kappa shape index (κ3) is 8.04. The van der Waals surface area contributed by atoms with Gasteiger partial charge in [0.1, 0.15) is 11.9 Å². The van der Waals surface area contributed by atoms with Crippen LogP contribution in [0.5, 0.6) is 17.2 Å². The molecule has 0 aliphatic carbocycles. The van der Waals surface area contributed by atoms with Gasteiger partial charge in [-0.05, 0) is 94.9 Å². The van der Waals surface area contributed by atoms with Gasteiger partial charge in [0.15, 0.2) is 11.5 Å². The molecule has 1 aromatic heterocycles. The fourth-order valence-corrected chi connectivity index (χ4v) is 5.68. The Hall–Kier alpha value is -3.56. The molecule has 2 aromatic carbocycles.